The first-order valence-electron chi connectivity index (χ1n) is 10.4. The lowest BCUT2D eigenvalue weighted by molar-refractivity contribution is -0.453. The van der Waals surface area contributed by atoms with Crippen LogP contribution in [0.5, 0.6) is 0 Å². The molecule has 0 aromatic carbocycles. The first-order chi connectivity index (χ1) is 16.1. The predicted octanol–water partition coefficient (Wildman–Crippen LogP) is 8.70. The third kappa shape index (κ3) is 5.58. The second kappa shape index (κ2) is 9.85. The zero-order valence-electron chi connectivity index (χ0n) is 19.6. The van der Waals surface area contributed by atoms with Crippen LogP contribution in [0.2, 0.25) is 0 Å². The molecule has 2 atom stereocenters. The van der Waals surface area contributed by atoms with Gasteiger partial charge in [-0.3, -0.25) is 0 Å². The highest BCUT2D eigenvalue weighted by atomic mass is 19.4. The van der Waals surface area contributed by atoms with E-state index in [4.69, 9.17) is 0 Å². The fourth-order valence-corrected chi connectivity index (χ4v) is 3.63. The van der Waals surface area contributed by atoms with Crippen molar-refractivity contribution in [1.29, 1.82) is 0 Å². The molecule has 0 amide bonds. The van der Waals surface area contributed by atoms with Gasteiger partial charge in [0.25, 0.3) is 0 Å². The van der Waals surface area contributed by atoms with E-state index in [1.165, 1.54) is 6.08 Å². The van der Waals surface area contributed by atoms with Gasteiger partial charge in [0.2, 0.25) is 0 Å². The maximum atomic E-state index is 13.9. The van der Waals surface area contributed by atoms with Gasteiger partial charge in [0.05, 0.1) is 6.10 Å². The Hall–Kier alpha value is -1.61. The highest BCUT2D eigenvalue weighted by molar-refractivity contribution is 5.19. The fraction of sp³-hybridized carbons (Fsp3) is 0.810. The smallest absolute Gasteiger partial charge is 0.368 e. The van der Waals surface area contributed by atoms with Gasteiger partial charge in [-0.15, -0.1) is 0 Å². The zero-order valence-corrected chi connectivity index (χ0v) is 19.6. The summed E-state index contributed by atoms with van der Waals surface area (Å²) in [5, 5.41) is 0. The van der Waals surface area contributed by atoms with Gasteiger partial charge in [-0.25, -0.2) is 0 Å². The molecule has 2 unspecified atom stereocenters. The summed E-state index contributed by atoms with van der Waals surface area (Å²) in [5.74, 6) is -46.9. The lowest BCUT2D eigenvalue weighted by Crippen LogP contribution is -2.73. The number of hydrogen-bond donors (Lipinski definition) is 0. The molecule has 218 valence electrons. The lowest BCUT2D eigenvalue weighted by atomic mass is 9.68. The minimum atomic E-state index is -8.30. The third-order valence-corrected chi connectivity index (χ3v) is 6.08. The van der Waals surface area contributed by atoms with Crippen molar-refractivity contribution in [2.75, 3.05) is 6.61 Å². The first-order valence-corrected chi connectivity index (χ1v) is 10.4. The average molecular weight is 576 g/mol. The number of rotatable bonds is 10. The summed E-state index contributed by atoms with van der Waals surface area (Å²) in [6.45, 7) is 3.57. The molecule has 0 bridgehead atoms. The maximum absolute atomic E-state index is 13.9. The molecule has 1 nitrogen and oxygen atoms in total. The van der Waals surface area contributed by atoms with E-state index in [0.717, 1.165) is 25.0 Å². The zero-order chi connectivity index (χ0) is 29.7. The summed E-state index contributed by atoms with van der Waals surface area (Å²) in [4.78, 5) is 0. The molecule has 0 fully saturated rings. The van der Waals surface area contributed by atoms with Gasteiger partial charge in [-0.1, -0.05) is 37.6 Å². The summed E-state index contributed by atoms with van der Waals surface area (Å²) >= 11 is 0. The Morgan fingerprint density at radius 2 is 1.24 bits per heavy atom. The fourth-order valence-electron chi connectivity index (χ4n) is 3.63. The Bertz CT molecular complexity index is 868. The topological polar surface area (TPSA) is 9.23 Å². The molecule has 0 N–H and O–H groups in total. The molecule has 0 aromatic rings. The van der Waals surface area contributed by atoms with Gasteiger partial charge in [0, 0.05) is 5.92 Å². The first kappa shape index (κ1) is 33.4. The van der Waals surface area contributed by atoms with Crippen LogP contribution in [0.1, 0.15) is 40.5 Å². The molecule has 0 saturated carbocycles. The van der Waals surface area contributed by atoms with E-state index >= 15 is 0 Å². The predicted molar refractivity (Wildman–Crippen MR) is 101 cm³/mol. The Labute approximate surface area is 201 Å². The average Bonchev–Trinajstić information content (AvgIpc) is 2.69. The van der Waals surface area contributed by atoms with Crippen molar-refractivity contribution in [2.24, 2.45) is 11.3 Å². The van der Waals surface area contributed by atoms with E-state index in [1.807, 2.05) is 19.9 Å². The molecule has 1 aliphatic carbocycles. The molecule has 0 aliphatic heterocycles. The minimum absolute atomic E-state index is 0.296. The SMILES string of the molecule is CC1=CCCC(C)(C)C1/C=C/C(C)OCC(F)(F)C(F)(F)C(F)(F)C(F)(F)C(F)(F)C(F)(F)C(F)(F)F. The highest BCUT2D eigenvalue weighted by Gasteiger charge is 2.93. The summed E-state index contributed by atoms with van der Waals surface area (Å²) < 4.78 is 203. The van der Waals surface area contributed by atoms with Crippen LogP contribution in [0.4, 0.5) is 65.9 Å². The van der Waals surface area contributed by atoms with Gasteiger partial charge < -0.3 is 4.74 Å². The molecule has 0 aromatic heterocycles. The van der Waals surface area contributed by atoms with Crippen LogP contribution in [0.25, 0.3) is 0 Å². The largest absolute Gasteiger partial charge is 0.460 e. The van der Waals surface area contributed by atoms with Gasteiger partial charge >= 0.3 is 41.7 Å². The second-order valence-electron chi connectivity index (χ2n) is 9.43. The molecule has 16 heteroatoms. The van der Waals surface area contributed by atoms with Crippen molar-refractivity contribution in [3.8, 4) is 0 Å². The van der Waals surface area contributed by atoms with Crippen molar-refractivity contribution in [3.05, 3.63) is 23.8 Å². The normalized spacial score (nSPS) is 21.8. The van der Waals surface area contributed by atoms with Gasteiger partial charge in [-0.2, -0.15) is 65.9 Å². The number of alkyl halides is 15. The lowest BCUT2D eigenvalue weighted by Gasteiger charge is -2.41. The van der Waals surface area contributed by atoms with Crippen LogP contribution < -0.4 is 0 Å². The van der Waals surface area contributed by atoms with E-state index in [0.29, 0.717) is 6.42 Å². The van der Waals surface area contributed by atoms with E-state index in [9.17, 15) is 65.9 Å². The minimum Gasteiger partial charge on any atom is -0.368 e. The molecular formula is C21H23F15O. The Balaban J connectivity index is 3.19. The number of ether oxygens (including phenoxy) is 1. The van der Waals surface area contributed by atoms with Crippen LogP contribution in [0.3, 0.4) is 0 Å². The molecule has 37 heavy (non-hydrogen) atoms. The Morgan fingerprint density at radius 1 is 0.811 bits per heavy atom. The van der Waals surface area contributed by atoms with E-state index in [-0.39, 0.29) is 11.3 Å². The number of allylic oxidation sites excluding steroid dienone is 3. The van der Waals surface area contributed by atoms with Crippen molar-refractivity contribution < 1.29 is 70.6 Å². The van der Waals surface area contributed by atoms with Crippen molar-refractivity contribution in [2.45, 2.75) is 88.4 Å². The monoisotopic (exact) mass is 576 g/mol. The van der Waals surface area contributed by atoms with E-state index in [2.05, 4.69) is 4.74 Å². The van der Waals surface area contributed by atoms with Gasteiger partial charge in [0.1, 0.15) is 6.61 Å². The van der Waals surface area contributed by atoms with Gasteiger partial charge in [0.15, 0.2) is 0 Å². The summed E-state index contributed by atoms with van der Waals surface area (Å²) in [6.07, 6.45) is -3.43. The number of halogens is 15. The summed E-state index contributed by atoms with van der Waals surface area (Å²) in [6, 6.07) is 0. The maximum Gasteiger partial charge on any atom is 0.460 e. The van der Waals surface area contributed by atoms with Gasteiger partial charge in [-0.05, 0) is 32.1 Å². The molecular weight excluding hydrogens is 553 g/mol. The van der Waals surface area contributed by atoms with Crippen LogP contribution in [-0.4, -0.2) is 54.4 Å². The number of hydrogen-bond acceptors (Lipinski definition) is 1. The van der Waals surface area contributed by atoms with Crippen LogP contribution in [0, 0.1) is 11.3 Å². The molecule has 0 saturated heterocycles. The Morgan fingerprint density at radius 3 is 1.68 bits per heavy atom. The standard InChI is InChI=1S/C21H23F15O/c1-11-6-5-9-14(3,4)13(11)8-7-12(2)37-10-15(22,23)16(24,25)17(26,27)18(28,29)19(30,31)20(32,33)21(34,35)36/h6-8,12-13H,5,9-10H2,1-4H3/b8-7+. The van der Waals surface area contributed by atoms with Crippen molar-refractivity contribution in [1.82, 2.24) is 0 Å². The van der Waals surface area contributed by atoms with E-state index in [1.54, 1.807) is 6.92 Å². The van der Waals surface area contributed by atoms with E-state index < -0.39 is 54.4 Å². The van der Waals surface area contributed by atoms with Crippen LogP contribution in [0.15, 0.2) is 23.8 Å². The summed E-state index contributed by atoms with van der Waals surface area (Å²) in [7, 11) is 0. The van der Waals surface area contributed by atoms with Crippen LogP contribution in [-0.2, 0) is 4.74 Å². The van der Waals surface area contributed by atoms with Crippen molar-refractivity contribution >= 4 is 0 Å². The molecule has 0 spiro atoms. The molecule has 1 aliphatic rings. The molecule has 1 rings (SSSR count). The molecule has 0 radical (unpaired) electrons. The third-order valence-electron chi connectivity index (χ3n) is 6.08. The quantitative estimate of drug-likeness (QED) is 0.187. The second-order valence-corrected chi connectivity index (χ2v) is 9.43. The highest BCUT2D eigenvalue weighted by Crippen LogP contribution is 2.62. The van der Waals surface area contributed by atoms with Crippen molar-refractivity contribution in [3.63, 3.8) is 0 Å². The Kier molecular flexibility index (Phi) is 8.90. The molecule has 0 heterocycles. The van der Waals surface area contributed by atoms with Crippen LogP contribution >= 0.6 is 0 Å². The summed E-state index contributed by atoms with van der Waals surface area (Å²) in [5.41, 5.74) is 0.499.